The van der Waals surface area contributed by atoms with Crippen LogP contribution in [0.4, 0.5) is 0 Å². The summed E-state index contributed by atoms with van der Waals surface area (Å²) in [5.41, 5.74) is 6.62. The minimum Gasteiger partial charge on any atom is -0.329 e. The van der Waals surface area contributed by atoms with E-state index in [1.165, 1.54) is 16.8 Å². The van der Waals surface area contributed by atoms with Crippen LogP contribution in [-0.2, 0) is 6.54 Å². The number of hydrogen-bond acceptors (Lipinski definition) is 3. The Morgan fingerprint density at radius 2 is 1.72 bits per heavy atom. The van der Waals surface area contributed by atoms with Crippen molar-refractivity contribution in [3.8, 4) is 11.4 Å². The highest BCUT2D eigenvalue weighted by molar-refractivity contribution is 5.94. The van der Waals surface area contributed by atoms with Gasteiger partial charge in [-0.2, -0.15) is 0 Å². The number of hydrogen-bond donors (Lipinski definition) is 0. The summed E-state index contributed by atoms with van der Waals surface area (Å²) >= 11 is 0. The fourth-order valence-corrected chi connectivity index (χ4v) is 3.34. The Kier molecular flexibility index (Phi) is 3.60. The molecule has 0 aliphatic carbocycles. The Labute approximate surface area is 147 Å². The van der Waals surface area contributed by atoms with Crippen molar-refractivity contribution >= 4 is 16.7 Å². The molecule has 4 aromatic rings. The first-order chi connectivity index (χ1) is 12.0. The molecule has 0 unspecified atom stereocenters. The number of fused-ring (bicyclic) bond motifs is 3. The van der Waals surface area contributed by atoms with Crippen LogP contribution in [0, 0.1) is 26.7 Å². The predicted octanol–water partition coefficient (Wildman–Crippen LogP) is 4.33. The summed E-state index contributed by atoms with van der Waals surface area (Å²) in [4.78, 5) is 9.52. The summed E-state index contributed by atoms with van der Waals surface area (Å²) in [6.07, 6.45) is 1.78. The van der Waals surface area contributed by atoms with Crippen LogP contribution < -0.4 is 0 Å². The zero-order chi connectivity index (χ0) is 17.7. The van der Waals surface area contributed by atoms with Gasteiger partial charge in [-0.1, -0.05) is 43.7 Å². The van der Waals surface area contributed by atoms with E-state index in [0.717, 1.165) is 34.6 Å². The number of aromatic nitrogens is 5. The van der Waals surface area contributed by atoms with E-state index in [1.807, 2.05) is 0 Å². The van der Waals surface area contributed by atoms with Crippen LogP contribution >= 0.6 is 0 Å². The minimum absolute atomic E-state index is 0.563. The molecule has 0 aliphatic rings. The van der Waals surface area contributed by atoms with Gasteiger partial charge in [-0.3, -0.25) is 0 Å². The molecule has 128 valence electrons. The molecule has 4 rings (SSSR count). The van der Waals surface area contributed by atoms with Gasteiger partial charge in [0.2, 0.25) is 0 Å². The van der Waals surface area contributed by atoms with E-state index in [-0.39, 0.29) is 0 Å². The second-order valence-corrected chi connectivity index (χ2v) is 7.23. The van der Waals surface area contributed by atoms with Gasteiger partial charge in [0.05, 0.1) is 5.39 Å². The first kappa shape index (κ1) is 15.8. The quantitative estimate of drug-likeness (QED) is 0.561. The van der Waals surface area contributed by atoms with Gasteiger partial charge in [0, 0.05) is 17.8 Å². The molecule has 3 heterocycles. The molecule has 0 N–H and O–H groups in total. The Bertz CT molecular complexity index is 1070. The summed E-state index contributed by atoms with van der Waals surface area (Å²) in [5, 5.41) is 5.74. The number of rotatable bonds is 3. The average molecular weight is 333 g/mol. The van der Waals surface area contributed by atoms with Gasteiger partial charge < -0.3 is 4.57 Å². The topological polar surface area (TPSA) is 48.0 Å². The molecule has 0 fully saturated rings. The third-order valence-corrected chi connectivity index (χ3v) is 4.80. The Hall–Kier alpha value is -2.69. The molecule has 1 aromatic carbocycles. The van der Waals surface area contributed by atoms with Crippen LogP contribution in [0.2, 0.25) is 0 Å². The Morgan fingerprint density at radius 3 is 2.40 bits per heavy atom. The predicted molar refractivity (Wildman–Crippen MR) is 101 cm³/mol. The van der Waals surface area contributed by atoms with Crippen LogP contribution in [0.25, 0.3) is 28.1 Å². The maximum atomic E-state index is 4.83. The second kappa shape index (κ2) is 5.69. The highest BCUT2D eigenvalue weighted by atomic mass is 15.3. The molecule has 0 atom stereocenters. The molecule has 0 aliphatic heterocycles. The van der Waals surface area contributed by atoms with E-state index in [1.54, 1.807) is 10.8 Å². The Balaban J connectivity index is 1.96. The van der Waals surface area contributed by atoms with E-state index >= 15 is 0 Å². The van der Waals surface area contributed by atoms with E-state index in [9.17, 15) is 0 Å². The highest BCUT2D eigenvalue weighted by Crippen LogP contribution is 2.28. The van der Waals surface area contributed by atoms with Crippen molar-refractivity contribution in [1.82, 2.24) is 24.1 Å². The van der Waals surface area contributed by atoms with Crippen molar-refractivity contribution in [3.05, 3.63) is 47.4 Å². The van der Waals surface area contributed by atoms with Crippen molar-refractivity contribution in [3.63, 3.8) is 0 Å². The summed E-state index contributed by atoms with van der Waals surface area (Å²) < 4.78 is 4.10. The number of benzene rings is 1. The molecular weight excluding hydrogens is 310 g/mol. The van der Waals surface area contributed by atoms with Crippen LogP contribution in [0.15, 0.2) is 30.6 Å². The van der Waals surface area contributed by atoms with E-state index < -0.39 is 0 Å². The van der Waals surface area contributed by atoms with Crippen LogP contribution in [0.5, 0.6) is 0 Å². The molecule has 0 amide bonds. The molecule has 5 nitrogen and oxygen atoms in total. The lowest BCUT2D eigenvalue weighted by Gasteiger charge is -2.10. The monoisotopic (exact) mass is 333 g/mol. The second-order valence-electron chi connectivity index (χ2n) is 7.23. The maximum absolute atomic E-state index is 4.83. The molecule has 0 saturated carbocycles. The van der Waals surface area contributed by atoms with Crippen molar-refractivity contribution in [2.75, 3.05) is 0 Å². The van der Waals surface area contributed by atoms with E-state index in [0.29, 0.717) is 5.92 Å². The van der Waals surface area contributed by atoms with Gasteiger partial charge in [0.1, 0.15) is 12.0 Å². The molecule has 25 heavy (non-hydrogen) atoms. The van der Waals surface area contributed by atoms with E-state index in [4.69, 9.17) is 4.98 Å². The first-order valence-corrected chi connectivity index (χ1v) is 8.73. The van der Waals surface area contributed by atoms with Crippen LogP contribution in [-0.4, -0.2) is 24.1 Å². The zero-order valence-corrected chi connectivity index (χ0v) is 15.4. The highest BCUT2D eigenvalue weighted by Gasteiger charge is 2.18. The van der Waals surface area contributed by atoms with Gasteiger partial charge in [0.15, 0.2) is 11.5 Å². The minimum atomic E-state index is 0.563. The van der Waals surface area contributed by atoms with E-state index in [2.05, 4.69) is 73.5 Å². The summed E-state index contributed by atoms with van der Waals surface area (Å²) in [6, 6.07) is 8.31. The maximum Gasteiger partial charge on any atom is 0.182 e. The van der Waals surface area contributed by atoms with Crippen molar-refractivity contribution < 1.29 is 0 Å². The lowest BCUT2D eigenvalue weighted by atomic mass is 10.1. The molecule has 0 radical (unpaired) electrons. The third-order valence-electron chi connectivity index (χ3n) is 4.80. The fraction of sp³-hybridized carbons (Fsp3) is 0.350. The molecule has 0 spiro atoms. The number of aryl methyl sites for hydroxylation is 2. The number of nitrogens with zero attached hydrogens (tertiary/aromatic N) is 5. The molecule has 5 heteroatoms. The zero-order valence-electron chi connectivity index (χ0n) is 15.4. The van der Waals surface area contributed by atoms with Crippen molar-refractivity contribution in [1.29, 1.82) is 0 Å². The average Bonchev–Trinajstić information content (AvgIpc) is 3.10. The van der Waals surface area contributed by atoms with Gasteiger partial charge >= 0.3 is 0 Å². The van der Waals surface area contributed by atoms with Crippen molar-refractivity contribution in [2.45, 2.75) is 41.2 Å². The van der Waals surface area contributed by atoms with Gasteiger partial charge in [0.25, 0.3) is 0 Å². The fourth-order valence-electron chi connectivity index (χ4n) is 3.34. The first-order valence-electron chi connectivity index (χ1n) is 8.73. The summed E-state index contributed by atoms with van der Waals surface area (Å²) in [5.74, 6) is 1.30. The SMILES string of the molecule is Cc1ccc(-c2nc3c4c(C)c(C)n(CC(C)C)c4ncn3n2)cc1. The van der Waals surface area contributed by atoms with Crippen LogP contribution in [0.1, 0.15) is 30.7 Å². The molecule has 0 bridgehead atoms. The van der Waals surface area contributed by atoms with Gasteiger partial charge in [-0.25, -0.2) is 14.5 Å². The smallest absolute Gasteiger partial charge is 0.182 e. The molecule has 3 aromatic heterocycles. The van der Waals surface area contributed by atoms with Crippen LogP contribution in [0.3, 0.4) is 0 Å². The normalized spacial score (nSPS) is 11.9. The van der Waals surface area contributed by atoms with Crippen molar-refractivity contribution in [2.24, 2.45) is 5.92 Å². The van der Waals surface area contributed by atoms with Gasteiger partial charge in [-0.05, 0) is 32.3 Å². The lowest BCUT2D eigenvalue weighted by molar-refractivity contribution is 0.524. The van der Waals surface area contributed by atoms with Gasteiger partial charge in [-0.15, -0.1) is 5.10 Å². The summed E-state index contributed by atoms with van der Waals surface area (Å²) in [6.45, 7) is 11.8. The molecule has 0 saturated heterocycles. The lowest BCUT2D eigenvalue weighted by Crippen LogP contribution is -2.07. The Morgan fingerprint density at radius 1 is 1.00 bits per heavy atom. The standard InChI is InChI=1S/C20H23N5/c1-12(2)10-24-15(5)14(4)17-19(24)21-11-25-20(17)22-18(23-25)16-8-6-13(3)7-9-16/h6-9,11-12H,10H2,1-5H3. The summed E-state index contributed by atoms with van der Waals surface area (Å²) in [7, 11) is 0. The third kappa shape index (κ3) is 2.51. The molecular formula is C20H23N5. The largest absolute Gasteiger partial charge is 0.329 e.